The summed E-state index contributed by atoms with van der Waals surface area (Å²) in [5.41, 5.74) is 2.06. The third-order valence-electron chi connectivity index (χ3n) is 5.23. The van der Waals surface area contributed by atoms with E-state index in [9.17, 15) is 9.59 Å². The normalized spacial score (nSPS) is 21.2. The van der Waals surface area contributed by atoms with Gasteiger partial charge in [-0.3, -0.25) is 14.5 Å². The predicted octanol–water partition coefficient (Wildman–Crippen LogP) is 2.11. The quantitative estimate of drug-likeness (QED) is 0.810. The molecule has 2 aliphatic rings. The van der Waals surface area contributed by atoms with Crippen LogP contribution in [-0.4, -0.2) is 61.5 Å². The molecule has 0 aromatic heterocycles. The molecule has 6 heteroatoms. The smallest absolute Gasteiger partial charge is 0.229 e. The maximum absolute atomic E-state index is 12.5. The molecule has 3 rings (SSSR count). The van der Waals surface area contributed by atoms with Crippen molar-refractivity contribution in [3.8, 4) is 0 Å². The van der Waals surface area contributed by atoms with Crippen molar-refractivity contribution in [2.45, 2.75) is 32.2 Å². The zero-order valence-electron chi connectivity index (χ0n) is 15.6. The first-order chi connectivity index (χ1) is 12.7. The van der Waals surface area contributed by atoms with Crippen LogP contribution in [0.3, 0.4) is 0 Å². The van der Waals surface area contributed by atoms with E-state index in [0.717, 1.165) is 12.2 Å². The van der Waals surface area contributed by atoms with E-state index in [-0.39, 0.29) is 24.2 Å². The standard InChI is InChI=1S/C20H29N3O3/c1-26-12-11-23-15-17(13-19(23)24)20(25)21-18-7-5-16(6-8-18)14-22-9-3-2-4-10-22/h5-8,17H,2-4,9-15H2,1H3,(H,21,25). The van der Waals surface area contributed by atoms with Gasteiger partial charge in [0.15, 0.2) is 0 Å². The second kappa shape index (κ2) is 9.14. The second-order valence-corrected chi connectivity index (χ2v) is 7.26. The van der Waals surface area contributed by atoms with Gasteiger partial charge >= 0.3 is 0 Å². The van der Waals surface area contributed by atoms with Crippen LogP contribution in [0.4, 0.5) is 5.69 Å². The molecule has 26 heavy (non-hydrogen) atoms. The van der Waals surface area contributed by atoms with Crippen LogP contribution in [-0.2, 0) is 20.9 Å². The largest absolute Gasteiger partial charge is 0.383 e. The lowest BCUT2D eigenvalue weighted by atomic mass is 10.1. The van der Waals surface area contributed by atoms with Crippen LogP contribution in [0.1, 0.15) is 31.2 Å². The van der Waals surface area contributed by atoms with Crippen LogP contribution in [0.15, 0.2) is 24.3 Å². The van der Waals surface area contributed by atoms with Crippen molar-refractivity contribution in [1.82, 2.24) is 9.80 Å². The van der Waals surface area contributed by atoms with Crippen LogP contribution in [0.2, 0.25) is 0 Å². The Hall–Kier alpha value is -1.92. The maximum atomic E-state index is 12.5. The first-order valence-electron chi connectivity index (χ1n) is 9.54. The molecule has 2 fully saturated rings. The van der Waals surface area contributed by atoms with Gasteiger partial charge in [-0.15, -0.1) is 0 Å². The number of benzene rings is 1. The number of nitrogens with one attached hydrogen (secondary N) is 1. The highest BCUT2D eigenvalue weighted by molar-refractivity contribution is 5.97. The van der Waals surface area contributed by atoms with E-state index in [0.29, 0.717) is 19.7 Å². The summed E-state index contributed by atoms with van der Waals surface area (Å²) in [5.74, 6) is -0.339. The van der Waals surface area contributed by atoms with Crippen LogP contribution in [0, 0.1) is 5.92 Å². The fourth-order valence-electron chi connectivity index (χ4n) is 3.68. The van der Waals surface area contributed by atoms with Gasteiger partial charge in [0.2, 0.25) is 11.8 Å². The number of nitrogens with zero attached hydrogens (tertiary/aromatic N) is 2. The number of amides is 2. The van der Waals surface area contributed by atoms with Crippen molar-refractivity contribution in [3.63, 3.8) is 0 Å². The molecule has 0 spiro atoms. The van der Waals surface area contributed by atoms with E-state index in [2.05, 4.69) is 22.3 Å². The lowest BCUT2D eigenvalue weighted by Gasteiger charge is -2.26. The molecule has 2 saturated heterocycles. The minimum absolute atomic E-state index is 0.0269. The first-order valence-corrected chi connectivity index (χ1v) is 9.54. The summed E-state index contributed by atoms with van der Waals surface area (Å²) in [6, 6.07) is 8.07. The van der Waals surface area contributed by atoms with E-state index in [1.807, 2.05) is 12.1 Å². The van der Waals surface area contributed by atoms with Crippen molar-refractivity contribution in [2.24, 2.45) is 5.92 Å². The fourth-order valence-corrected chi connectivity index (χ4v) is 3.68. The summed E-state index contributed by atoms with van der Waals surface area (Å²) >= 11 is 0. The minimum atomic E-state index is -0.285. The summed E-state index contributed by atoms with van der Waals surface area (Å²) in [7, 11) is 1.61. The molecular formula is C20H29N3O3. The summed E-state index contributed by atoms with van der Waals surface area (Å²) in [6.45, 7) is 4.84. The summed E-state index contributed by atoms with van der Waals surface area (Å²) in [5, 5.41) is 2.95. The molecule has 2 aliphatic heterocycles. The molecule has 1 N–H and O–H groups in total. The number of methoxy groups -OCH3 is 1. The van der Waals surface area contributed by atoms with Crippen molar-refractivity contribution < 1.29 is 14.3 Å². The third kappa shape index (κ3) is 5.05. The number of hydrogen-bond donors (Lipinski definition) is 1. The molecule has 2 amide bonds. The van der Waals surface area contributed by atoms with Gasteiger partial charge in [0, 0.05) is 38.9 Å². The molecule has 1 aromatic carbocycles. The molecule has 1 atom stereocenters. The Morgan fingerprint density at radius 1 is 1.19 bits per heavy atom. The molecule has 0 radical (unpaired) electrons. The van der Waals surface area contributed by atoms with E-state index in [4.69, 9.17) is 4.74 Å². The van der Waals surface area contributed by atoms with Crippen molar-refractivity contribution in [2.75, 3.05) is 45.2 Å². The van der Waals surface area contributed by atoms with Crippen LogP contribution in [0.25, 0.3) is 0 Å². The molecule has 1 unspecified atom stereocenters. The molecule has 6 nitrogen and oxygen atoms in total. The van der Waals surface area contributed by atoms with Crippen molar-refractivity contribution >= 4 is 17.5 Å². The number of rotatable bonds is 7. The molecule has 0 bridgehead atoms. The van der Waals surface area contributed by atoms with E-state index in [1.54, 1.807) is 12.0 Å². The number of carbonyl (C=O) groups is 2. The third-order valence-corrected chi connectivity index (χ3v) is 5.23. The van der Waals surface area contributed by atoms with Crippen LogP contribution >= 0.6 is 0 Å². The Morgan fingerprint density at radius 3 is 2.62 bits per heavy atom. The molecule has 2 heterocycles. The van der Waals surface area contributed by atoms with Crippen molar-refractivity contribution in [1.29, 1.82) is 0 Å². The Labute approximate surface area is 155 Å². The van der Waals surface area contributed by atoms with E-state index in [1.165, 1.54) is 37.9 Å². The van der Waals surface area contributed by atoms with Gasteiger partial charge in [0.05, 0.1) is 12.5 Å². The average molecular weight is 359 g/mol. The second-order valence-electron chi connectivity index (χ2n) is 7.26. The van der Waals surface area contributed by atoms with Gasteiger partial charge in [-0.2, -0.15) is 0 Å². The highest BCUT2D eigenvalue weighted by atomic mass is 16.5. The Balaban J connectivity index is 1.49. The highest BCUT2D eigenvalue weighted by Gasteiger charge is 2.33. The van der Waals surface area contributed by atoms with Gasteiger partial charge in [0.25, 0.3) is 0 Å². The molecule has 0 aliphatic carbocycles. The number of ether oxygens (including phenoxy) is 1. The first kappa shape index (κ1) is 18.9. The van der Waals surface area contributed by atoms with E-state index >= 15 is 0 Å². The maximum Gasteiger partial charge on any atom is 0.229 e. The Morgan fingerprint density at radius 2 is 1.92 bits per heavy atom. The lowest BCUT2D eigenvalue weighted by Crippen LogP contribution is -2.30. The zero-order chi connectivity index (χ0) is 18.4. The van der Waals surface area contributed by atoms with Crippen molar-refractivity contribution in [3.05, 3.63) is 29.8 Å². The number of hydrogen-bond acceptors (Lipinski definition) is 4. The van der Waals surface area contributed by atoms with E-state index < -0.39 is 0 Å². The highest BCUT2D eigenvalue weighted by Crippen LogP contribution is 2.20. The summed E-state index contributed by atoms with van der Waals surface area (Å²) in [6.07, 6.45) is 4.20. The minimum Gasteiger partial charge on any atom is -0.383 e. The van der Waals surface area contributed by atoms with Gasteiger partial charge in [-0.25, -0.2) is 0 Å². The van der Waals surface area contributed by atoms with Crippen LogP contribution < -0.4 is 5.32 Å². The predicted molar refractivity (Wildman–Crippen MR) is 101 cm³/mol. The number of carbonyl (C=O) groups excluding carboxylic acids is 2. The average Bonchev–Trinajstić information content (AvgIpc) is 3.03. The van der Waals surface area contributed by atoms with Gasteiger partial charge in [0.1, 0.15) is 0 Å². The number of piperidine rings is 1. The SMILES string of the molecule is COCCN1CC(C(=O)Nc2ccc(CN3CCCCC3)cc2)CC1=O. The van der Waals surface area contributed by atoms with Crippen LogP contribution in [0.5, 0.6) is 0 Å². The Bertz CT molecular complexity index is 611. The zero-order valence-corrected chi connectivity index (χ0v) is 15.6. The van der Waals surface area contributed by atoms with Gasteiger partial charge in [-0.1, -0.05) is 18.6 Å². The summed E-state index contributed by atoms with van der Waals surface area (Å²) in [4.78, 5) is 28.6. The topological polar surface area (TPSA) is 61.9 Å². The lowest BCUT2D eigenvalue weighted by molar-refractivity contribution is -0.128. The Kier molecular flexibility index (Phi) is 6.63. The molecule has 142 valence electrons. The fraction of sp³-hybridized carbons (Fsp3) is 0.600. The molecule has 1 aromatic rings. The van der Waals surface area contributed by atoms with Gasteiger partial charge < -0.3 is 15.0 Å². The monoisotopic (exact) mass is 359 g/mol. The molecule has 0 saturated carbocycles. The summed E-state index contributed by atoms with van der Waals surface area (Å²) < 4.78 is 5.01. The number of anilines is 1. The molecular weight excluding hydrogens is 330 g/mol. The van der Waals surface area contributed by atoms with Gasteiger partial charge in [-0.05, 0) is 43.6 Å². The number of likely N-dealkylation sites (tertiary alicyclic amines) is 2.